The Balaban J connectivity index is 1.74. The summed E-state index contributed by atoms with van der Waals surface area (Å²) in [7, 11) is -0.972. The molecule has 0 aliphatic heterocycles. The van der Waals surface area contributed by atoms with E-state index >= 15 is 0 Å². The van der Waals surface area contributed by atoms with E-state index in [9.17, 15) is 8.42 Å². The van der Waals surface area contributed by atoms with Crippen molar-refractivity contribution in [3.05, 3.63) is 30.3 Å². The third kappa shape index (κ3) is 4.16. The molecule has 0 spiro atoms. The molecule has 3 rings (SSSR count). The molecular weight excluding hydrogens is 356 g/mol. The Morgan fingerprint density at radius 3 is 2.31 bits per heavy atom. The van der Waals surface area contributed by atoms with Gasteiger partial charge in [0, 0.05) is 12.1 Å². The Morgan fingerprint density at radius 2 is 1.69 bits per heavy atom. The van der Waals surface area contributed by atoms with Gasteiger partial charge in [-0.3, -0.25) is 4.72 Å². The van der Waals surface area contributed by atoms with Gasteiger partial charge in [-0.2, -0.15) is 0 Å². The molecule has 0 radical (unpaired) electrons. The molecule has 1 aromatic carbocycles. The highest BCUT2D eigenvalue weighted by Gasteiger charge is 2.21. The summed E-state index contributed by atoms with van der Waals surface area (Å²) in [5, 5.41) is 11.3. The van der Waals surface area contributed by atoms with E-state index in [0.29, 0.717) is 17.6 Å². The van der Waals surface area contributed by atoms with Gasteiger partial charge in [0.2, 0.25) is 0 Å². The van der Waals surface area contributed by atoms with Crippen molar-refractivity contribution in [3.8, 4) is 11.5 Å². The summed E-state index contributed by atoms with van der Waals surface area (Å²) in [6, 6.07) is 8.19. The maximum atomic E-state index is 12.6. The first kappa shape index (κ1) is 18.2. The fourth-order valence-electron chi connectivity index (χ4n) is 2.93. The third-order valence-electron chi connectivity index (χ3n) is 4.27. The molecule has 9 heteroatoms. The van der Waals surface area contributed by atoms with Crippen LogP contribution < -0.4 is 19.5 Å². The fourth-order valence-corrected chi connectivity index (χ4v) is 4.08. The number of nitrogens with one attached hydrogen (secondary N) is 2. The van der Waals surface area contributed by atoms with E-state index in [-0.39, 0.29) is 16.5 Å². The third-order valence-corrected chi connectivity index (χ3v) is 5.67. The van der Waals surface area contributed by atoms with E-state index in [4.69, 9.17) is 9.47 Å². The van der Waals surface area contributed by atoms with Crippen LogP contribution in [-0.2, 0) is 10.0 Å². The minimum Gasteiger partial charge on any atom is -0.497 e. The predicted octanol–water partition coefficient (Wildman–Crippen LogP) is 2.65. The number of benzene rings is 1. The zero-order valence-corrected chi connectivity index (χ0v) is 15.5. The summed E-state index contributed by atoms with van der Waals surface area (Å²) >= 11 is 0. The molecule has 1 saturated carbocycles. The summed E-state index contributed by atoms with van der Waals surface area (Å²) in [6.45, 7) is 0. The van der Waals surface area contributed by atoms with Crippen molar-refractivity contribution in [3.63, 3.8) is 0 Å². The number of aromatic nitrogens is 2. The van der Waals surface area contributed by atoms with Crippen LogP contribution in [0.25, 0.3) is 0 Å². The molecule has 8 nitrogen and oxygen atoms in total. The van der Waals surface area contributed by atoms with Gasteiger partial charge in [-0.25, -0.2) is 8.42 Å². The van der Waals surface area contributed by atoms with Gasteiger partial charge in [0.1, 0.15) is 22.2 Å². The van der Waals surface area contributed by atoms with Crippen LogP contribution in [0.4, 0.5) is 11.6 Å². The van der Waals surface area contributed by atoms with E-state index in [0.717, 1.165) is 12.8 Å². The summed E-state index contributed by atoms with van der Waals surface area (Å²) < 4.78 is 37.9. The zero-order chi connectivity index (χ0) is 18.6. The SMILES string of the molecule is COc1ccc(S(=O)(=O)Nc2ccc(NC3CCCC3)nn2)c(OC)c1. The van der Waals surface area contributed by atoms with Crippen LogP contribution in [0.2, 0.25) is 0 Å². The molecule has 140 valence electrons. The van der Waals surface area contributed by atoms with Crippen molar-refractivity contribution >= 4 is 21.7 Å². The predicted molar refractivity (Wildman–Crippen MR) is 98.3 cm³/mol. The number of nitrogens with zero attached hydrogens (tertiary/aromatic N) is 2. The Bertz CT molecular complexity index is 850. The van der Waals surface area contributed by atoms with Gasteiger partial charge in [0.15, 0.2) is 5.82 Å². The van der Waals surface area contributed by atoms with E-state index < -0.39 is 10.0 Å². The van der Waals surface area contributed by atoms with E-state index in [1.807, 2.05) is 0 Å². The summed E-state index contributed by atoms with van der Waals surface area (Å²) in [5.74, 6) is 1.47. The van der Waals surface area contributed by atoms with Gasteiger partial charge in [0.05, 0.1) is 14.2 Å². The molecule has 1 aliphatic rings. The van der Waals surface area contributed by atoms with Crippen LogP contribution in [0.1, 0.15) is 25.7 Å². The number of hydrogen-bond acceptors (Lipinski definition) is 7. The molecule has 1 fully saturated rings. The maximum Gasteiger partial charge on any atom is 0.266 e. The lowest BCUT2D eigenvalue weighted by atomic mass is 10.2. The highest BCUT2D eigenvalue weighted by atomic mass is 32.2. The highest BCUT2D eigenvalue weighted by molar-refractivity contribution is 7.92. The number of sulfonamides is 1. The van der Waals surface area contributed by atoms with Crippen LogP contribution in [0.3, 0.4) is 0 Å². The second-order valence-corrected chi connectivity index (χ2v) is 7.70. The van der Waals surface area contributed by atoms with E-state index in [2.05, 4.69) is 20.2 Å². The molecule has 26 heavy (non-hydrogen) atoms. The molecule has 1 aliphatic carbocycles. The van der Waals surface area contributed by atoms with Crippen LogP contribution in [0.15, 0.2) is 35.2 Å². The van der Waals surface area contributed by atoms with Crippen molar-refractivity contribution in [1.82, 2.24) is 10.2 Å². The minimum absolute atomic E-state index is 0.00393. The number of rotatable bonds is 7. The Hall–Kier alpha value is -2.55. The molecule has 0 bridgehead atoms. The normalized spacial score (nSPS) is 14.8. The smallest absolute Gasteiger partial charge is 0.266 e. The minimum atomic E-state index is -3.87. The molecule has 0 unspecified atom stereocenters. The second kappa shape index (κ2) is 7.77. The first-order valence-corrected chi connectivity index (χ1v) is 9.85. The highest BCUT2D eigenvalue weighted by Crippen LogP contribution is 2.29. The van der Waals surface area contributed by atoms with E-state index in [1.54, 1.807) is 18.2 Å². The molecule has 0 amide bonds. The second-order valence-electron chi connectivity index (χ2n) is 6.05. The number of ether oxygens (including phenoxy) is 2. The Labute approximate surface area is 153 Å². The lowest BCUT2D eigenvalue weighted by molar-refractivity contribution is 0.386. The Kier molecular flexibility index (Phi) is 5.46. The van der Waals surface area contributed by atoms with Gasteiger partial charge in [-0.1, -0.05) is 12.8 Å². The average molecular weight is 378 g/mol. The first-order chi connectivity index (χ1) is 12.5. The average Bonchev–Trinajstić information content (AvgIpc) is 3.15. The van der Waals surface area contributed by atoms with Gasteiger partial charge in [0.25, 0.3) is 10.0 Å². The van der Waals surface area contributed by atoms with Gasteiger partial charge >= 0.3 is 0 Å². The van der Waals surface area contributed by atoms with Crippen LogP contribution in [0, 0.1) is 0 Å². The molecule has 0 saturated heterocycles. The van der Waals surface area contributed by atoms with Crippen LogP contribution >= 0.6 is 0 Å². The molecule has 1 heterocycles. The summed E-state index contributed by atoms with van der Waals surface area (Å²) in [4.78, 5) is -0.00393. The van der Waals surface area contributed by atoms with Crippen molar-refractivity contribution in [2.24, 2.45) is 0 Å². The van der Waals surface area contributed by atoms with Crippen LogP contribution in [0.5, 0.6) is 11.5 Å². The number of anilines is 2. The van der Waals surface area contributed by atoms with E-state index in [1.165, 1.54) is 39.2 Å². The topological polar surface area (TPSA) is 102 Å². The summed E-state index contributed by atoms with van der Waals surface area (Å²) in [6.07, 6.45) is 4.67. The molecular formula is C17H22N4O4S. The quantitative estimate of drug-likeness (QED) is 0.763. The largest absolute Gasteiger partial charge is 0.497 e. The monoisotopic (exact) mass is 378 g/mol. The molecule has 2 N–H and O–H groups in total. The van der Waals surface area contributed by atoms with Gasteiger partial charge < -0.3 is 14.8 Å². The van der Waals surface area contributed by atoms with Crippen LogP contribution in [-0.4, -0.2) is 38.9 Å². The first-order valence-electron chi connectivity index (χ1n) is 8.37. The lowest BCUT2D eigenvalue weighted by Crippen LogP contribution is -2.17. The number of hydrogen-bond donors (Lipinski definition) is 2. The fraction of sp³-hybridized carbons (Fsp3) is 0.412. The zero-order valence-electron chi connectivity index (χ0n) is 14.7. The molecule has 0 atom stereocenters. The van der Waals surface area contributed by atoms with Crippen molar-refractivity contribution in [1.29, 1.82) is 0 Å². The standard InChI is InChI=1S/C17H22N4O4S/c1-24-13-7-8-15(14(11-13)25-2)26(22,23)21-17-10-9-16(19-20-17)18-12-5-3-4-6-12/h7-12H,3-6H2,1-2H3,(H,18,19)(H,20,21). The number of methoxy groups -OCH3 is 2. The van der Waals surface area contributed by atoms with Gasteiger partial charge in [-0.15, -0.1) is 10.2 Å². The molecule has 2 aromatic rings. The summed E-state index contributed by atoms with van der Waals surface area (Å²) in [5.41, 5.74) is 0. The lowest BCUT2D eigenvalue weighted by Gasteiger charge is -2.13. The molecule has 1 aromatic heterocycles. The van der Waals surface area contributed by atoms with Crippen molar-refractivity contribution < 1.29 is 17.9 Å². The Morgan fingerprint density at radius 1 is 1.00 bits per heavy atom. The van der Waals surface area contributed by atoms with Crippen molar-refractivity contribution in [2.75, 3.05) is 24.3 Å². The maximum absolute atomic E-state index is 12.6. The van der Waals surface area contributed by atoms with Gasteiger partial charge in [-0.05, 0) is 37.1 Å². The van der Waals surface area contributed by atoms with Crippen molar-refractivity contribution in [2.45, 2.75) is 36.6 Å².